The summed E-state index contributed by atoms with van der Waals surface area (Å²) < 4.78 is 21.9. The third-order valence-electron chi connectivity index (χ3n) is 1.39. The molecule has 72 valence electrons. The number of rotatable bonds is 2. The molecule has 0 bridgehead atoms. The number of thiophene rings is 1. The highest BCUT2D eigenvalue weighted by molar-refractivity contribution is 8.14. The third kappa shape index (κ3) is 2.01. The van der Waals surface area contributed by atoms with Gasteiger partial charge in [0.25, 0.3) is 9.05 Å². The van der Waals surface area contributed by atoms with Crippen molar-refractivity contribution in [2.75, 3.05) is 0 Å². The molecule has 1 aromatic heterocycles. The Hall–Kier alpha value is -0.590. The van der Waals surface area contributed by atoms with Gasteiger partial charge in [0.2, 0.25) is 0 Å². The fourth-order valence-electron chi connectivity index (χ4n) is 0.895. The SMILES string of the molecule is Cc1scc(C(=O)O)c1S(=O)(=O)Cl. The number of halogens is 1. The maximum atomic E-state index is 10.9. The molecule has 0 saturated heterocycles. The predicted molar refractivity (Wildman–Crippen MR) is 49.1 cm³/mol. The van der Waals surface area contributed by atoms with Crippen LogP contribution >= 0.6 is 22.0 Å². The van der Waals surface area contributed by atoms with Gasteiger partial charge in [0.1, 0.15) is 4.90 Å². The van der Waals surface area contributed by atoms with Crippen molar-refractivity contribution in [2.24, 2.45) is 0 Å². The Morgan fingerprint density at radius 3 is 2.46 bits per heavy atom. The van der Waals surface area contributed by atoms with E-state index in [1.165, 1.54) is 12.3 Å². The van der Waals surface area contributed by atoms with Gasteiger partial charge in [-0.3, -0.25) is 0 Å². The van der Waals surface area contributed by atoms with Gasteiger partial charge in [-0.15, -0.1) is 11.3 Å². The summed E-state index contributed by atoms with van der Waals surface area (Å²) in [5.41, 5.74) is -0.266. The fourth-order valence-corrected chi connectivity index (χ4v) is 3.66. The van der Waals surface area contributed by atoms with Crippen LogP contribution in [0.4, 0.5) is 0 Å². The first-order valence-corrected chi connectivity index (χ1v) is 6.29. The summed E-state index contributed by atoms with van der Waals surface area (Å²) in [6, 6.07) is 0. The Kier molecular flexibility index (Phi) is 2.65. The molecule has 0 radical (unpaired) electrons. The first-order chi connectivity index (χ1) is 5.84. The zero-order chi connectivity index (χ0) is 10.2. The average Bonchev–Trinajstić information content (AvgIpc) is 2.28. The number of carbonyl (C=O) groups is 1. The van der Waals surface area contributed by atoms with Crippen molar-refractivity contribution in [1.82, 2.24) is 0 Å². The van der Waals surface area contributed by atoms with Crippen LogP contribution in [0.25, 0.3) is 0 Å². The molecule has 7 heteroatoms. The minimum absolute atomic E-state index is 0.266. The molecule has 1 aromatic rings. The van der Waals surface area contributed by atoms with Crippen LogP contribution in [-0.4, -0.2) is 19.5 Å². The first kappa shape index (κ1) is 10.5. The Bertz CT molecular complexity index is 445. The van der Waals surface area contributed by atoms with Crippen molar-refractivity contribution >= 4 is 37.0 Å². The topological polar surface area (TPSA) is 71.4 Å². The summed E-state index contributed by atoms with van der Waals surface area (Å²) in [6.45, 7) is 1.51. The summed E-state index contributed by atoms with van der Waals surface area (Å²) in [5.74, 6) is -1.29. The fraction of sp³-hybridized carbons (Fsp3) is 0.167. The molecular formula is C6H5ClO4S2. The lowest BCUT2D eigenvalue weighted by Crippen LogP contribution is -2.02. The van der Waals surface area contributed by atoms with Crippen molar-refractivity contribution in [2.45, 2.75) is 11.8 Å². The van der Waals surface area contributed by atoms with E-state index in [0.717, 1.165) is 11.3 Å². The van der Waals surface area contributed by atoms with Gasteiger partial charge < -0.3 is 5.11 Å². The molecule has 4 nitrogen and oxygen atoms in total. The first-order valence-electron chi connectivity index (χ1n) is 3.10. The van der Waals surface area contributed by atoms with Crippen LogP contribution in [-0.2, 0) is 9.05 Å². The smallest absolute Gasteiger partial charge is 0.337 e. The zero-order valence-electron chi connectivity index (χ0n) is 6.44. The molecule has 0 aliphatic rings. The van der Waals surface area contributed by atoms with Gasteiger partial charge in [-0.25, -0.2) is 13.2 Å². The van der Waals surface area contributed by atoms with Gasteiger partial charge in [0.15, 0.2) is 0 Å². The van der Waals surface area contributed by atoms with Crippen LogP contribution in [0, 0.1) is 6.92 Å². The number of carboxylic acid groups (broad SMARTS) is 1. The minimum atomic E-state index is -3.96. The molecule has 0 aliphatic heterocycles. The Morgan fingerprint density at radius 2 is 2.15 bits per heavy atom. The Balaban J connectivity index is 3.51. The van der Waals surface area contributed by atoms with Crippen molar-refractivity contribution in [3.63, 3.8) is 0 Å². The Morgan fingerprint density at radius 1 is 1.62 bits per heavy atom. The van der Waals surface area contributed by atoms with Crippen LogP contribution in [0.3, 0.4) is 0 Å². The number of hydrogen-bond donors (Lipinski definition) is 1. The second kappa shape index (κ2) is 3.28. The van der Waals surface area contributed by atoms with E-state index < -0.39 is 15.0 Å². The summed E-state index contributed by atoms with van der Waals surface area (Å²) in [7, 11) is 1.11. The summed E-state index contributed by atoms with van der Waals surface area (Å²) in [6.07, 6.45) is 0. The van der Waals surface area contributed by atoms with Gasteiger partial charge in [-0.2, -0.15) is 0 Å². The largest absolute Gasteiger partial charge is 0.478 e. The Labute approximate surface area is 83.2 Å². The van der Waals surface area contributed by atoms with E-state index in [2.05, 4.69) is 0 Å². The molecule has 0 atom stereocenters. The summed E-state index contributed by atoms with van der Waals surface area (Å²) in [5, 5.41) is 9.88. The highest BCUT2D eigenvalue weighted by Crippen LogP contribution is 2.29. The molecule has 0 unspecified atom stereocenters. The highest BCUT2D eigenvalue weighted by Gasteiger charge is 2.24. The molecule has 0 aromatic carbocycles. The van der Waals surface area contributed by atoms with Crippen molar-refractivity contribution in [3.05, 3.63) is 15.8 Å². The molecule has 13 heavy (non-hydrogen) atoms. The van der Waals surface area contributed by atoms with Crippen LogP contribution in [0.2, 0.25) is 0 Å². The maximum absolute atomic E-state index is 10.9. The number of carboxylic acids is 1. The average molecular weight is 241 g/mol. The zero-order valence-corrected chi connectivity index (χ0v) is 8.83. The molecule has 0 aliphatic carbocycles. The standard InChI is InChI=1S/C6H5ClO4S2/c1-3-5(13(7,10)11)4(2-12-3)6(8)9/h2H,1H3,(H,8,9). The maximum Gasteiger partial charge on any atom is 0.337 e. The predicted octanol–water partition coefficient (Wildman–Crippen LogP) is 1.68. The number of aryl methyl sites for hydroxylation is 1. The number of hydrogen-bond acceptors (Lipinski definition) is 4. The van der Waals surface area contributed by atoms with Gasteiger partial charge in [-0.05, 0) is 6.92 Å². The van der Waals surface area contributed by atoms with Gasteiger partial charge >= 0.3 is 5.97 Å². The molecule has 0 saturated carbocycles. The second-order valence-corrected chi connectivity index (χ2v) is 5.86. The minimum Gasteiger partial charge on any atom is -0.478 e. The van der Waals surface area contributed by atoms with Crippen LogP contribution in [0.15, 0.2) is 10.3 Å². The molecule has 1 rings (SSSR count). The second-order valence-electron chi connectivity index (χ2n) is 2.28. The van der Waals surface area contributed by atoms with E-state index in [1.54, 1.807) is 0 Å². The van der Waals surface area contributed by atoms with Crippen LogP contribution in [0.5, 0.6) is 0 Å². The lowest BCUT2D eigenvalue weighted by molar-refractivity contribution is 0.0693. The monoisotopic (exact) mass is 240 g/mol. The summed E-state index contributed by atoms with van der Waals surface area (Å²) >= 11 is 1.04. The quantitative estimate of drug-likeness (QED) is 0.799. The van der Waals surface area contributed by atoms with Gasteiger partial charge in [0, 0.05) is 20.9 Å². The highest BCUT2D eigenvalue weighted by atomic mass is 35.7. The molecule has 0 amide bonds. The summed E-state index contributed by atoms with van der Waals surface area (Å²) in [4.78, 5) is 10.6. The normalized spacial score (nSPS) is 11.5. The lowest BCUT2D eigenvalue weighted by Gasteiger charge is -1.95. The van der Waals surface area contributed by atoms with Gasteiger partial charge in [-0.1, -0.05) is 0 Å². The van der Waals surface area contributed by atoms with E-state index in [-0.39, 0.29) is 10.5 Å². The van der Waals surface area contributed by atoms with E-state index in [4.69, 9.17) is 15.8 Å². The van der Waals surface area contributed by atoms with Gasteiger partial charge in [0.05, 0.1) is 5.56 Å². The molecule has 0 spiro atoms. The van der Waals surface area contributed by atoms with E-state index >= 15 is 0 Å². The molecule has 1 N–H and O–H groups in total. The molecule has 0 fully saturated rings. The van der Waals surface area contributed by atoms with E-state index in [9.17, 15) is 13.2 Å². The van der Waals surface area contributed by atoms with Crippen molar-refractivity contribution in [3.8, 4) is 0 Å². The van der Waals surface area contributed by atoms with Crippen molar-refractivity contribution < 1.29 is 18.3 Å². The lowest BCUT2D eigenvalue weighted by atomic mass is 10.3. The van der Waals surface area contributed by atoms with E-state index in [0.29, 0.717) is 4.88 Å². The van der Waals surface area contributed by atoms with Crippen LogP contribution < -0.4 is 0 Å². The van der Waals surface area contributed by atoms with E-state index in [1.807, 2.05) is 0 Å². The van der Waals surface area contributed by atoms with Crippen molar-refractivity contribution in [1.29, 1.82) is 0 Å². The third-order valence-corrected chi connectivity index (χ3v) is 3.91. The number of aromatic carboxylic acids is 1. The molecular weight excluding hydrogens is 236 g/mol. The van der Waals surface area contributed by atoms with Crippen LogP contribution in [0.1, 0.15) is 15.2 Å². The molecule has 1 heterocycles.